The molecule has 0 aliphatic carbocycles. The Morgan fingerprint density at radius 2 is 1.89 bits per heavy atom. The van der Waals surface area contributed by atoms with Crippen LogP contribution >= 0.6 is 11.8 Å². The van der Waals surface area contributed by atoms with Crippen molar-refractivity contribution < 1.29 is 23.8 Å². The maximum absolute atomic E-state index is 12.2. The fraction of sp³-hybridized carbons (Fsp3) is 0.300. The van der Waals surface area contributed by atoms with Crippen molar-refractivity contribution in [1.82, 2.24) is 5.32 Å². The molecule has 2 aromatic carbocycles. The molecular formula is C20H21NO5S. The first-order valence-electron chi connectivity index (χ1n) is 8.59. The molecule has 0 saturated carbocycles. The second-order valence-electron chi connectivity index (χ2n) is 6.10. The van der Waals surface area contributed by atoms with Crippen LogP contribution in [0.3, 0.4) is 0 Å². The topological polar surface area (TPSA) is 73.9 Å². The zero-order valence-electron chi connectivity index (χ0n) is 15.0. The van der Waals surface area contributed by atoms with E-state index in [1.165, 1.54) is 18.7 Å². The van der Waals surface area contributed by atoms with E-state index in [-0.39, 0.29) is 24.6 Å². The summed E-state index contributed by atoms with van der Waals surface area (Å²) in [6.45, 7) is 1.92. The third kappa shape index (κ3) is 5.92. The van der Waals surface area contributed by atoms with Crippen molar-refractivity contribution in [3.8, 4) is 11.5 Å². The second kappa shape index (κ2) is 9.32. The lowest BCUT2D eigenvalue weighted by Crippen LogP contribution is -2.38. The van der Waals surface area contributed by atoms with Crippen molar-refractivity contribution in [2.45, 2.75) is 26.0 Å². The molecule has 2 aromatic rings. The zero-order chi connectivity index (χ0) is 19.1. The smallest absolute Gasteiger partial charge is 0.407 e. The van der Waals surface area contributed by atoms with Crippen LogP contribution in [0, 0.1) is 0 Å². The van der Waals surface area contributed by atoms with Crippen LogP contribution in [-0.4, -0.2) is 29.8 Å². The number of carbonyl (C=O) groups is 2. The van der Waals surface area contributed by atoms with Crippen molar-refractivity contribution >= 4 is 23.0 Å². The summed E-state index contributed by atoms with van der Waals surface area (Å²) in [4.78, 5) is 23.5. The van der Waals surface area contributed by atoms with E-state index in [4.69, 9.17) is 14.2 Å². The Balaban J connectivity index is 1.58. The summed E-state index contributed by atoms with van der Waals surface area (Å²) in [7, 11) is 0. The molecule has 1 amide bonds. The Hall–Kier alpha value is -2.67. The van der Waals surface area contributed by atoms with E-state index in [0.717, 1.165) is 11.1 Å². The lowest BCUT2D eigenvalue weighted by molar-refractivity contribution is -0.109. The summed E-state index contributed by atoms with van der Waals surface area (Å²) < 4.78 is 16.0. The second-order valence-corrected chi connectivity index (χ2v) is 7.29. The molecule has 0 radical (unpaired) electrons. The van der Waals surface area contributed by atoms with Crippen LogP contribution in [0.1, 0.15) is 18.1 Å². The number of hydrogen-bond donors (Lipinski definition) is 1. The third-order valence-corrected chi connectivity index (χ3v) is 4.92. The van der Waals surface area contributed by atoms with Gasteiger partial charge in [-0.3, -0.25) is 4.79 Å². The van der Waals surface area contributed by atoms with Gasteiger partial charge in [0.2, 0.25) is 6.79 Å². The van der Waals surface area contributed by atoms with Crippen LogP contribution in [-0.2, 0) is 22.6 Å². The van der Waals surface area contributed by atoms with Crippen molar-refractivity contribution in [2.75, 3.05) is 12.5 Å². The molecule has 3 rings (SSSR count). The Morgan fingerprint density at radius 1 is 1.11 bits per heavy atom. The highest BCUT2D eigenvalue weighted by Gasteiger charge is 2.18. The van der Waals surface area contributed by atoms with Crippen molar-refractivity contribution in [1.29, 1.82) is 0 Å². The first kappa shape index (κ1) is 19.1. The van der Waals surface area contributed by atoms with E-state index >= 15 is 0 Å². The van der Waals surface area contributed by atoms with Crippen LogP contribution in [0.2, 0.25) is 0 Å². The highest BCUT2D eigenvalue weighted by molar-refractivity contribution is 8.13. The highest BCUT2D eigenvalue weighted by atomic mass is 32.2. The van der Waals surface area contributed by atoms with Gasteiger partial charge in [0, 0.05) is 18.7 Å². The molecule has 1 N–H and O–H groups in total. The molecule has 0 unspecified atom stereocenters. The Bertz CT molecular complexity index is 796. The Kier molecular flexibility index (Phi) is 6.59. The minimum Gasteiger partial charge on any atom is -0.454 e. The van der Waals surface area contributed by atoms with Crippen molar-refractivity contribution in [2.24, 2.45) is 0 Å². The molecule has 0 fully saturated rings. The maximum Gasteiger partial charge on any atom is 0.407 e. The normalized spacial score (nSPS) is 13.1. The van der Waals surface area contributed by atoms with Gasteiger partial charge in [0.25, 0.3) is 0 Å². The lowest BCUT2D eigenvalue weighted by atomic mass is 10.1. The summed E-state index contributed by atoms with van der Waals surface area (Å²) in [5.41, 5.74) is 1.90. The number of carbonyl (C=O) groups excluding carboxylic acids is 2. The summed E-state index contributed by atoms with van der Waals surface area (Å²) >= 11 is 1.18. The molecule has 1 heterocycles. The molecule has 27 heavy (non-hydrogen) atoms. The summed E-state index contributed by atoms with van der Waals surface area (Å²) in [5, 5.41) is 2.86. The number of alkyl carbamates (subject to hydrolysis) is 1. The molecule has 6 nitrogen and oxygen atoms in total. The van der Waals surface area contributed by atoms with Crippen LogP contribution < -0.4 is 14.8 Å². The van der Waals surface area contributed by atoms with Gasteiger partial charge in [0.1, 0.15) is 6.61 Å². The number of amides is 1. The average molecular weight is 387 g/mol. The van der Waals surface area contributed by atoms with Crippen LogP contribution in [0.5, 0.6) is 11.5 Å². The van der Waals surface area contributed by atoms with Gasteiger partial charge in [0.05, 0.1) is 0 Å². The molecule has 0 saturated heterocycles. The van der Waals surface area contributed by atoms with Gasteiger partial charge >= 0.3 is 6.09 Å². The van der Waals surface area contributed by atoms with Gasteiger partial charge in [0.15, 0.2) is 16.6 Å². The van der Waals surface area contributed by atoms with Crippen molar-refractivity contribution in [3.05, 3.63) is 59.7 Å². The molecule has 0 spiro atoms. The largest absolute Gasteiger partial charge is 0.454 e. The molecular weight excluding hydrogens is 366 g/mol. The fourth-order valence-electron chi connectivity index (χ4n) is 2.65. The Labute approximate surface area is 162 Å². The van der Waals surface area contributed by atoms with Gasteiger partial charge in [-0.05, 0) is 29.7 Å². The molecule has 0 bridgehead atoms. The molecule has 1 atom stereocenters. The monoisotopic (exact) mass is 387 g/mol. The van der Waals surface area contributed by atoms with Crippen LogP contribution in [0.25, 0.3) is 0 Å². The quantitative estimate of drug-likeness (QED) is 0.783. The standard InChI is InChI=1S/C20H21NO5S/c1-14(22)27-12-17(9-16-7-8-18-19(10-16)26-13-25-18)21-20(23)24-11-15-5-3-2-4-6-15/h2-8,10,17H,9,11-13H2,1H3,(H,21,23)/t17-/m1/s1. The Morgan fingerprint density at radius 3 is 2.67 bits per heavy atom. The van der Waals surface area contributed by atoms with E-state index in [2.05, 4.69) is 5.32 Å². The minimum atomic E-state index is -0.506. The molecule has 0 aromatic heterocycles. The predicted molar refractivity (Wildman–Crippen MR) is 103 cm³/mol. The number of hydrogen-bond acceptors (Lipinski definition) is 6. The predicted octanol–water partition coefficient (Wildman–Crippen LogP) is 3.53. The number of nitrogens with one attached hydrogen (secondary N) is 1. The number of rotatable bonds is 7. The summed E-state index contributed by atoms with van der Waals surface area (Å²) in [5.74, 6) is 1.87. The van der Waals surface area contributed by atoms with Crippen LogP contribution in [0.4, 0.5) is 4.79 Å². The van der Waals surface area contributed by atoms with E-state index in [0.29, 0.717) is 23.7 Å². The molecule has 7 heteroatoms. The van der Waals surface area contributed by atoms with Gasteiger partial charge in [-0.15, -0.1) is 0 Å². The highest BCUT2D eigenvalue weighted by Crippen LogP contribution is 2.32. The number of fused-ring (bicyclic) bond motifs is 1. The fourth-order valence-corrected chi connectivity index (χ4v) is 3.29. The van der Waals surface area contributed by atoms with Gasteiger partial charge in [-0.1, -0.05) is 48.2 Å². The van der Waals surface area contributed by atoms with Gasteiger partial charge in [-0.25, -0.2) is 4.79 Å². The maximum atomic E-state index is 12.2. The van der Waals surface area contributed by atoms with Gasteiger partial charge in [-0.2, -0.15) is 0 Å². The molecule has 1 aliphatic heterocycles. The molecule has 1 aliphatic rings. The number of thioether (sulfide) groups is 1. The average Bonchev–Trinajstić information content (AvgIpc) is 3.13. The lowest BCUT2D eigenvalue weighted by Gasteiger charge is -2.18. The third-order valence-electron chi connectivity index (χ3n) is 3.94. The first-order chi connectivity index (χ1) is 13.1. The van der Waals surface area contributed by atoms with E-state index in [9.17, 15) is 9.59 Å². The van der Waals surface area contributed by atoms with Crippen LogP contribution in [0.15, 0.2) is 48.5 Å². The number of benzene rings is 2. The molecule has 142 valence electrons. The number of ether oxygens (including phenoxy) is 3. The van der Waals surface area contributed by atoms with E-state index in [1.807, 2.05) is 48.5 Å². The first-order valence-corrected chi connectivity index (χ1v) is 9.58. The van der Waals surface area contributed by atoms with Crippen molar-refractivity contribution in [3.63, 3.8) is 0 Å². The summed E-state index contributed by atoms with van der Waals surface area (Å²) in [6, 6.07) is 14.9. The summed E-state index contributed by atoms with van der Waals surface area (Å²) in [6.07, 6.45) is 0.0471. The van der Waals surface area contributed by atoms with Gasteiger partial charge < -0.3 is 19.5 Å². The van der Waals surface area contributed by atoms with E-state index < -0.39 is 6.09 Å². The minimum absolute atomic E-state index is 0.00476. The SMILES string of the molecule is CC(=O)SC[C@@H](Cc1ccc2c(c1)OCO2)NC(=O)OCc1ccccc1. The zero-order valence-corrected chi connectivity index (χ0v) is 15.8. The van der Waals surface area contributed by atoms with E-state index in [1.54, 1.807) is 0 Å².